The third kappa shape index (κ3) is 5.02. The summed E-state index contributed by atoms with van der Waals surface area (Å²) in [6.45, 7) is 1.48. The van der Waals surface area contributed by atoms with Crippen molar-refractivity contribution < 1.29 is 14.3 Å². The lowest BCUT2D eigenvalue weighted by atomic mass is 10.1. The van der Waals surface area contributed by atoms with Gasteiger partial charge in [-0.25, -0.2) is 0 Å². The van der Waals surface area contributed by atoms with Crippen LogP contribution in [0, 0.1) is 0 Å². The predicted octanol–water partition coefficient (Wildman–Crippen LogP) is 4.56. The first-order chi connectivity index (χ1) is 14.2. The highest BCUT2D eigenvalue weighted by Crippen LogP contribution is 2.28. The predicted molar refractivity (Wildman–Crippen MR) is 115 cm³/mol. The molecule has 0 unspecified atom stereocenters. The lowest BCUT2D eigenvalue weighted by molar-refractivity contribution is -0.159. The minimum absolute atomic E-state index is 0.105. The van der Waals surface area contributed by atoms with Gasteiger partial charge in [-0.3, -0.25) is 9.59 Å². The van der Waals surface area contributed by atoms with E-state index >= 15 is 0 Å². The molecule has 1 aliphatic heterocycles. The summed E-state index contributed by atoms with van der Waals surface area (Å²) in [5.41, 5.74) is 3.55. The van der Waals surface area contributed by atoms with Crippen molar-refractivity contribution in [2.45, 2.75) is 49.5 Å². The molecule has 0 spiro atoms. The highest BCUT2D eigenvalue weighted by molar-refractivity contribution is 8.00. The van der Waals surface area contributed by atoms with Gasteiger partial charge >= 0.3 is 5.97 Å². The van der Waals surface area contributed by atoms with Crippen LogP contribution in [0.4, 0.5) is 0 Å². The van der Waals surface area contributed by atoms with Gasteiger partial charge in [-0.1, -0.05) is 36.4 Å². The molecular weight excluding hydrogens is 382 g/mol. The summed E-state index contributed by atoms with van der Waals surface area (Å²) in [6.07, 6.45) is 5.79. The SMILES string of the molecule is O=C(CSc1ccc2c(c1)CCC2)O[C@H](C(=O)N1CCCCC1)c1ccccc1. The van der Waals surface area contributed by atoms with E-state index in [2.05, 4.69) is 18.2 Å². The van der Waals surface area contributed by atoms with Crippen molar-refractivity contribution in [3.8, 4) is 0 Å². The van der Waals surface area contributed by atoms with Gasteiger partial charge in [0.15, 0.2) is 0 Å². The van der Waals surface area contributed by atoms with Crippen molar-refractivity contribution in [1.82, 2.24) is 4.90 Å². The third-order valence-electron chi connectivity index (χ3n) is 5.67. The molecule has 0 radical (unpaired) electrons. The maximum Gasteiger partial charge on any atom is 0.317 e. The summed E-state index contributed by atoms with van der Waals surface area (Å²) in [5, 5.41) is 0. The number of esters is 1. The Kier molecular flexibility index (Phi) is 6.55. The molecule has 2 aromatic rings. The van der Waals surface area contributed by atoms with E-state index in [1.54, 1.807) is 0 Å². The molecule has 29 heavy (non-hydrogen) atoms. The van der Waals surface area contributed by atoms with Gasteiger partial charge in [0.2, 0.25) is 6.10 Å². The van der Waals surface area contributed by atoms with E-state index in [9.17, 15) is 9.59 Å². The molecule has 2 aromatic carbocycles. The highest BCUT2D eigenvalue weighted by atomic mass is 32.2. The van der Waals surface area contributed by atoms with Crippen molar-refractivity contribution in [2.75, 3.05) is 18.8 Å². The van der Waals surface area contributed by atoms with Gasteiger partial charge in [0.05, 0.1) is 5.75 Å². The second-order valence-electron chi connectivity index (χ2n) is 7.74. The van der Waals surface area contributed by atoms with Crippen LogP contribution in [0.15, 0.2) is 53.4 Å². The van der Waals surface area contributed by atoms with Crippen LogP contribution in [0.5, 0.6) is 0 Å². The Morgan fingerprint density at radius 2 is 1.69 bits per heavy atom. The molecule has 0 N–H and O–H groups in total. The molecular formula is C24H27NO3S. The van der Waals surface area contributed by atoms with Crippen molar-refractivity contribution in [3.05, 3.63) is 65.2 Å². The van der Waals surface area contributed by atoms with Crippen LogP contribution in [-0.4, -0.2) is 35.6 Å². The maximum atomic E-state index is 13.1. The van der Waals surface area contributed by atoms with Crippen molar-refractivity contribution in [1.29, 1.82) is 0 Å². The van der Waals surface area contributed by atoms with Crippen molar-refractivity contribution in [3.63, 3.8) is 0 Å². The number of hydrogen-bond acceptors (Lipinski definition) is 4. The first-order valence-corrected chi connectivity index (χ1v) is 11.5. The van der Waals surface area contributed by atoms with Crippen molar-refractivity contribution >= 4 is 23.6 Å². The fourth-order valence-corrected chi connectivity index (χ4v) is 4.86. The summed E-state index contributed by atoms with van der Waals surface area (Å²) >= 11 is 1.48. The second-order valence-corrected chi connectivity index (χ2v) is 8.79. The highest BCUT2D eigenvalue weighted by Gasteiger charge is 2.30. The van der Waals surface area contributed by atoms with Gasteiger partial charge in [-0.2, -0.15) is 0 Å². The quantitative estimate of drug-likeness (QED) is 0.518. The zero-order valence-electron chi connectivity index (χ0n) is 16.6. The Morgan fingerprint density at radius 3 is 2.48 bits per heavy atom. The molecule has 4 nitrogen and oxygen atoms in total. The standard InChI is InChI=1S/C24H27NO3S/c26-22(17-29-21-13-12-18-10-7-11-20(18)16-21)28-23(19-8-3-1-4-9-19)24(27)25-14-5-2-6-15-25/h1,3-4,8-9,12-13,16,23H,2,5-7,10-11,14-15,17H2/t23-/m0/s1. The van der Waals surface area contributed by atoms with Gasteiger partial charge in [0.1, 0.15) is 0 Å². The molecule has 1 amide bonds. The number of aryl methyl sites for hydroxylation is 2. The van der Waals surface area contributed by atoms with Crippen LogP contribution in [0.25, 0.3) is 0 Å². The number of benzene rings is 2. The average molecular weight is 410 g/mol. The van der Waals surface area contributed by atoms with E-state index in [-0.39, 0.29) is 17.6 Å². The van der Waals surface area contributed by atoms with Crippen LogP contribution in [0.3, 0.4) is 0 Å². The minimum atomic E-state index is -0.859. The molecule has 2 aliphatic rings. The van der Waals surface area contributed by atoms with E-state index in [1.807, 2.05) is 35.2 Å². The molecule has 152 valence electrons. The second kappa shape index (κ2) is 9.49. The minimum Gasteiger partial charge on any atom is -0.447 e. The normalized spacial score (nSPS) is 16.9. The van der Waals surface area contributed by atoms with E-state index in [4.69, 9.17) is 4.74 Å². The molecule has 5 heteroatoms. The number of amides is 1. The van der Waals surface area contributed by atoms with E-state index < -0.39 is 6.10 Å². The molecule has 1 aliphatic carbocycles. The van der Waals surface area contributed by atoms with Crippen LogP contribution in [0.1, 0.15) is 48.5 Å². The summed E-state index contributed by atoms with van der Waals surface area (Å²) in [5.74, 6) is -0.253. The fraction of sp³-hybridized carbons (Fsp3) is 0.417. The van der Waals surface area contributed by atoms with Gasteiger partial charge < -0.3 is 9.64 Å². The van der Waals surface area contributed by atoms with Gasteiger partial charge in [0.25, 0.3) is 5.91 Å². The number of fused-ring (bicyclic) bond motifs is 1. The molecule has 1 saturated heterocycles. The van der Waals surface area contributed by atoms with E-state index in [1.165, 1.54) is 29.3 Å². The molecule has 1 atom stereocenters. The number of likely N-dealkylation sites (tertiary alicyclic amines) is 1. The number of ether oxygens (including phenoxy) is 1. The van der Waals surface area contributed by atoms with Crippen molar-refractivity contribution in [2.24, 2.45) is 0 Å². The summed E-state index contributed by atoms with van der Waals surface area (Å²) in [6, 6.07) is 15.8. The monoisotopic (exact) mass is 409 g/mol. The fourth-order valence-electron chi connectivity index (χ4n) is 4.11. The zero-order chi connectivity index (χ0) is 20.1. The first-order valence-electron chi connectivity index (χ1n) is 10.5. The zero-order valence-corrected chi connectivity index (χ0v) is 17.5. The maximum absolute atomic E-state index is 13.1. The Bertz CT molecular complexity index is 862. The number of thioether (sulfide) groups is 1. The Hall–Kier alpha value is -2.27. The Labute approximate surface area is 176 Å². The average Bonchev–Trinajstić information content (AvgIpc) is 3.25. The number of rotatable bonds is 6. The van der Waals surface area contributed by atoms with Crippen LogP contribution in [-0.2, 0) is 27.2 Å². The number of piperidine rings is 1. The van der Waals surface area contributed by atoms with E-state index in [0.29, 0.717) is 0 Å². The molecule has 0 saturated carbocycles. The first kappa shape index (κ1) is 20.0. The third-order valence-corrected chi connectivity index (χ3v) is 6.64. The van der Waals surface area contributed by atoms with Gasteiger partial charge in [-0.05, 0) is 61.8 Å². The number of hydrogen-bond donors (Lipinski definition) is 0. The topological polar surface area (TPSA) is 46.6 Å². The Morgan fingerprint density at radius 1 is 0.931 bits per heavy atom. The van der Waals surface area contributed by atoms with Crippen LogP contribution in [0.2, 0.25) is 0 Å². The summed E-state index contributed by atoms with van der Waals surface area (Å²) < 4.78 is 5.71. The summed E-state index contributed by atoms with van der Waals surface area (Å²) in [4.78, 5) is 28.6. The van der Waals surface area contributed by atoms with Gasteiger partial charge in [0, 0.05) is 23.5 Å². The lowest BCUT2D eigenvalue weighted by Crippen LogP contribution is -2.40. The molecule has 1 fully saturated rings. The molecule has 0 aromatic heterocycles. The Balaban J connectivity index is 1.41. The van der Waals surface area contributed by atoms with Crippen LogP contribution < -0.4 is 0 Å². The molecule has 1 heterocycles. The smallest absolute Gasteiger partial charge is 0.317 e. The molecule has 4 rings (SSSR count). The number of carbonyl (C=O) groups is 2. The number of carbonyl (C=O) groups excluding carboxylic acids is 2. The summed E-state index contributed by atoms with van der Waals surface area (Å²) in [7, 11) is 0. The van der Waals surface area contributed by atoms with Gasteiger partial charge in [-0.15, -0.1) is 11.8 Å². The lowest BCUT2D eigenvalue weighted by Gasteiger charge is -2.30. The largest absolute Gasteiger partial charge is 0.447 e. The molecule has 0 bridgehead atoms. The van der Waals surface area contributed by atoms with Crippen LogP contribution >= 0.6 is 11.8 Å². The number of nitrogens with zero attached hydrogens (tertiary/aromatic N) is 1. The van der Waals surface area contributed by atoms with E-state index in [0.717, 1.165) is 55.7 Å².